The van der Waals surface area contributed by atoms with E-state index in [2.05, 4.69) is 60.7 Å². The first-order chi connectivity index (χ1) is 16.7. The number of thiophene rings is 1. The monoisotopic (exact) mass is 474 g/mol. The first-order valence-electron chi connectivity index (χ1n) is 12.1. The van der Waals surface area contributed by atoms with E-state index < -0.39 is 0 Å². The maximum Gasteiger partial charge on any atom is 0.229 e. The summed E-state index contributed by atoms with van der Waals surface area (Å²) in [4.78, 5) is 24.0. The normalized spacial score (nSPS) is 17.6. The van der Waals surface area contributed by atoms with Crippen LogP contribution in [0, 0.1) is 0 Å². The highest BCUT2D eigenvalue weighted by Gasteiger charge is 2.24. The number of hydrogen-bond donors (Lipinski definition) is 1. The quantitative estimate of drug-likeness (QED) is 0.443. The van der Waals surface area contributed by atoms with E-state index in [0.29, 0.717) is 12.6 Å². The Labute approximate surface area is 203 Å². The van der Waals surface area contributed by atoms with Crippen molar-refractivity contribution in [2.45, 2.75) is 38.3 Å². The SMILES string of the molecule is CN1CCN(c2nc(NCc3ccc(-c4ccsc4)nc3)c3ncn(C4CCCC4)c3n2)CC1. The minimum Gasteiger partial charge on any atom is -0.364 e. The zero-order valence-corrected chi connectivity index (χ0v) is 20.3. The number of likely N-dealkylation sites (N-methyl/N-ethyl adjacent to an activating group) is 1. The fraction of sp³-hybridized carbons (Fsp3) is 0.440. The van der Waals surface area contributed by atoms with Crippen LogP contribution < -0.4 is 10.2 Å². The maximum atomic E-state index is 5.03. The van der Waals surface area contributed by atoms with Gasteiger partial charge in [0.25, 0.3) is 0 Å². The van der Waals surface area contributed by atoms with Gasteiger partial charge < -0.3 is 19.7 Å². The van der Waals surface area contributed by atoms with Crippen LogP contribution in [0.15, 0.2) is 41.5 Å². The number of fused-ring (bicyclic) bond motifs is 1. The Balaban J connectivity index is 1.29. The Morgan fingerprint density at radius 1 is 1.03 bits per heavy atom. The van der Waals surface area contributed by atoms with Gasteiger partial charge in [-0.05, 0) is 43.0 Å². The summed E-state index contributed by atoms with van der Waals surface area (Å²) in [6, 6.07) is 6.80. The van der Waals surface area contributed by atoms with Crippen LogP contribution in [0.25, 0.3) is 22.4 Å². The van der Waals surface area contributed by atoms with Gasteiger partial charge in [-0.1, -0.05) is 18.9 Å². The number of anilines is 2. The molecule has 34 heavy (non-hydrogen) atoms. The molecule has 2 aliphatic rings. The number of rotatable bonds is 6. The minimum absolute atomic E-state index is 0.488. The Morgan fingerprint density at radius 2 is 1.88 bits per heavy atom. The Bertz CT molecular complexity index is 1240. The van der Waals surface area contributed by atoms with Crippen LogP contribution in [0.1, 0.15) is 37.3 Å². The molecule has 4 aromatic heterocycles. The molecule has 0 atom stereocenters. The smallest absolute Gasteiger partial charge is 0.229 e. The van der Waals surface area contributed by atoms with Gasteiger partial charge in [-0.25, -0.2) is 4.98 Å². The average Bonchev–Trinajstić information content (AvgIpc) is 3.65. The third-order valence-electron chi connectivity index (χ3n) is 7.02. The van der Waals surface area contributed by atoms with E-state index >= 15 is 0 Å². The summed E-state index contributed by atoms with van der Waals surface area (Å²) in [5, 5.41) is 7.75. The topological polar surface area (TPSA) is 75.0 Å². The summed E-state index contributed by atoms with van der Waals surface area (Å²) in [6.45, 7) is 4.56. The van der Waals surface area contributed by atoms with Crippen LogP contribution in [0.5, 0.6) is 0 Å². The molecule has 2 fully saturated rings. The summed E-state index contributed by atoms with van der Waals surface area (Å²) in [6.07, 6.45) is 8.86. The fourth-order valence-electron chi connectivity index (χ4n) is 4.92. The maximum absolute atomic E-state index is 5.03. The Kier molecular flexibility index (Phi) is 5.88. The highest BCUT2D eigenvalue weighted by Crippen LogP contribution is 2.33. The van der Waals surface area contributed by atoms with Gasteiger partial charge in [0.2, 0.25) is 5.95 Å². The number of imidazole rings is 1. The third-order valence-corrected chi connectivity index (χ3v) is 7.70. The molecular weight excluding hydrogens is 444 g/mol. The number of hydrogen-bond acceptors (Lipinski definition) is 8. The van der Waals surface area contributed by atoms with Crippen LogP contribution in [-0.4, -0.2) is 62.6 Å². The Hall–Kier alpha value is -3.04. The molecule has 8 nitrogen and oxygen atoms in total. The van der Waals surface area contributed by atoms with Gasteiger partial charge in [0.05, 0.1) is 12.0 Å². The molecule has 9 heteroatoms. The van der Waals surface area contributed by atoms with Gasteiger partial charge in [0.15, 0.2) is 17.0 Å². The number of aromatic nitrogens is 5. The van der Waals surface area contributed by atoms with Crippen molar-refractivity contribution in [3.05, 3.63) is 47.0 Å². The van der Waals surface area contributed by atoms with Crippen LogP contribution in [-0.2, 0) is 6.54 Å². The molecule has 1 aliphatic carbocycles. The number of pyridine rings is 1. The summed E-state index contributed by atoms with van der Waals surface area (Å²) in [5.41, 5.74) is 5.08. The van der Waals surface area contributed by atoms with E-state index in [0.717, 1.165) is 65.9 Å². The van der Waals surface area contributed by atoms with E-state index in [1.165, 1.54) is 25.7 Å². The average molecular weight is 475 g/mol. The van der Waals surface area contributed by atoms with Gasteiger partial charge in [-0.3, -0.25) is 4.98 Å². The van der Waals surface area contributed by atoms with Crippen molar-refractivity contribution in [2.75, 3.05) is 43.4 Å². The molecule has 1 aliphatic heterocycles. The molecule has 5 heterocycles. The van der Waals surface area contributed by atoms with Crippen molar-refractivity contribution < 1.29 is 0 Å². The summed E-state index contributed by atoms with van der Waals surface area (Å²) < 4.78 is 2.28. The van der Waals surface area contributed by atoms with Gasteiger partial charge >= 0.3 is 0 Å². The molecular formula is C25H30N8S. The first-order valence-corrected chi connectivity index (χ1v) is 13.1. The van der Waals surface area contributed by atoms with Gasteiger partial charge in [0.1, 0.15) is 0 Å². The molecule has 4 aromatic rings. The molecule has 1 saturated carbocycles. The number of nitrogens with one attached hydrogen (secondary N) is 1. The third kappa shape index (κ3) is 4.25. The number of nitrogens with zero attached hydrogens (tertiary/aromatic N) is 7. The lowest BCUT2D eigenvalue weighted by Gasteiger charge is -2.32. The summed E-state index contributed by atoms with van der Waals surface area (Å²) in [5.74, 6) is 1.60. The van der Waals surface area contributed by atoms with E-state index in [-0.39, 0.29) is 0 Å². The minimum atomic E-state index is 0.488. The van der Waals surface area contributed by atoms with Crippen molar-refractivity contribution in [2.24, 2.45) is 0 Å². The van der Waals surface area contributed by atoms with E-state index in [4.69, 9.17) is 15.0 Å². The first kappa shape index (κ1) is 21.5. The predicted octanol–water partition coefficient (Wildman–Crippen LogP) is 4.43. The van der Waals surface area contributed by atoms with E-state index in [1.54, 1.807) is 11.3 Å². The molecule has 176 valence electrons. The molecule has 0 aromatic carbocycles. The molecule has 6 rings (SSSR count). The zero-order chi connectivity index (χ0) is 22.9. The van der Waals surface area contributed by atoms with E-state index in [9.17, 15) is 0 Å². The zero-order valence-electron chi connectivity index (χ0n) is 19.5. The van der Waals surface area contributed by atoms with Gasteiger partial charge in [-0.2, -0.15) is 21.3 Å². The lowest BCUT2D eigenvalue weighted by Crippen LogP contribution is -2.45. The predicted molar refractivity (Wildman–Crippen MR) is 137 cm³/mol. The largest absolute Gasteiger partial charge is 0.364 e. The summed E-state index contributed by atoms with van der Waals surface area (Å²) >= 11 is 1.69. The lowest BCUT2D eigenvalue weighted by molar-refractivity contribution is 0.311. The van der Waals surface area contributed by atoms with Crippen LogP contribution in [0.2, 0.25) is 0 Å². The molecule has 0 bridgehead atoms. The van der Waals surface area contributed by atoms with Crippen molar-refractivity contribution in [1.82, 2.24) is 29.4 Å². The highest BCUT2D eigenvalue weighted by atomic mass is 32.1. The van der Waals surface area contributed by atoms with Crippen LogP contribution in [0.4, 0.5) is 11.8 Å². The molecule has 0 radical (unpaired) electrons. The number of piperazine rings is 1. The van der Waals surface area contributed by atoms with E-state index in [1.807, 2.05) is 12.5 Å². The second kappa shape index (κ2) is 9.31. The lowest BCUT2D eigenvalue weighted by atomic mass is 10.2. The van der Waals surface area contributed by atoms with Crippen LogP contribution in [0.3, 0.4) is 0 Å². The van der Waals surface area contributed by atoms with Crippen molar-refractivity contribution >= 4 is 34.3 Å². The molecule has 0 spiro atoms. The van der Waals surface area contributed by atoms with Gasteiger partial charge in [-0.15, -0.1) is 0 Å². The fourth-order valence-corrected chi connectivity index (χ4v) is 5.57. The van der Waals surface area contributed by atoms with Crippen molar-refractivity contribution in [3.63, 3.8) is 0 Å². The second-order valence-corrected chi connectivity index (χ2v) is 10.1. The molecule has 1 N–H and O–H groups in total. The second-order valence-electron chi connectivity index (χ2n) is 9.34. The Morgan fingerprint density at radius 3 is 2.62 bits per heavy atom. The van der Waals surface area contributed by atoms with Crippen molar-refractivity contribution in [3.8, 4) is 11.3 Å². The van der Waals surface area contributed by atoms with Gasteiger partial charge in [0, 0.05) is 55.9 Å². The standard InChI is InChI=1S/C25H30N8S/c1-31-9-11-32(12-10-31)25-29-23(22-24(30-25)33(17-28-22)20-4-2-3-5-20)27-15-18-6-7-21(26-14-18)19-8-13-34-16-19/h6-8,13-14,16-17,20H,2-5,9-12,15H2,1H3,(H,27,29,30). The highest BCUT2D eigenvalue weighted by molar-refractivity contribution is 7.08. The molecule has 0 amide bonds. The van der Waals surface area contributed by atoms with Crippen LogP contribution >= 0.6 is 11.3 Å². The molecule has 0 unspecified atom stereocenters. The van der Waals surface area contributed by atoms with Crippen molar-refractivity contribution in [1.29, 1.82) is 0 Å². The summed E-state index contributed by atoms with van der Waals surface area (Å²) in [7, 11) is 2.17. The molecule has 1 saturated heterocycles.